The number of benzene rings is 1. The second-order valence-electron chi connectivity index (χ2n) is 9.09. The van der Waals surface area contributed by atoms with E-state index in [1.807, 2.05) is 37.5 Å². The largest absolute Gasteiger partial charge is 0.485 e. The number of thioether (sulfide) groups is 1. The molecule has 0 spiro atoms. The van der Waals surface area contributed by atoms with Crippen LogP contribution in [0.3, 0.4) is 0 Å². The van der Waals surface area contributed by atoms with Gasteiger partial charge in [0.05, 0.1) is 18.4 Å². The van der Waals surface area contributed by atoms with Gasteiger partial charge < -0.3 is 19.4 Å². The van der Waals surface area contributed by atoms with Crippen LogP contribution in [-0.2, 0) is 35.5 Å². The predicted octanol–water partition coefficient (Wildman–Crippen LogP) is 5.20. The number of carbonyl (C=O) groups excluding carboxylic acids is 2. The number of hydrogen-bond acceptors (Lipinski definition) is 8. The van der Waals surface area contributed by atoms with Crippen molar-refractivity contribution in [1.82, 2.24) is 14.8 Å². The Morgan fingerprint density at radius 1 is 1.28 bits per heavy atom. The normalized spacial score (nSPS) is 14.9. The van der Waals surface area contributed by atoms with E-state index in [1.165, 1.54) is 35.8 Å². The van der Waals surface area contributed by atoms with Gasteiger partial charge in [-0.05, 0) is 63.1 Å². The average molecular weight is 529 g/mol. The fraction of sp³-hybridized carbons (Fsp3) is 0.462. The maximum Gasteiger partial charge on any atom is 0.341 e. The van der Waals surface area contributed by atoms with E-state index in [0.717, 1.165) is 41.0 Å². The summed E-state index contributed by atoms with van der Waals surface area (Å²) in [6, 6.07) is 6.06. The number of hydrogen-bond donors (Lipinski definition) is 1. The van der Waals surface area contributed by atoms with Crippen molar-refractivity contribution in [3.8, 4) is 5.75 Å². The van der Waals surface area contributed by atoms with Gasteiger partial charge in [-0.3, -0.25) is 4.79 Å². The smallest absolute Gasteiger partial charge is 0.341 e. The molecule has 1 aliphatic rings. The summed E-state index contributed by atoms with van der Waals surface area (Å²) in [6.45, 7) is 9.23. The molecule has 1 amide bonds. The molecule has 1 N–H and O–H groups in total. The van der Waals surface area contributed by atoms with Crippen LogP contribution < -0.4 is 10.1 Å². The summed E-state index contributed by atoms with van der Waals surface area (Å²) in [4.78, 5) is 26.5. The lowest BCUT2D eigenvalue weighted by molar-refractivity contribution is -0.113. The Kier molecular flexibility index (Phi) is 8.35. The molecule has 1 aromatic carbocycles. The standard InChI is InChI=1S/C26H32N4O4S2/c1-6-30-21(13-34-19-10-8-15(2)11-17(19)4)28-29-26(30)35-14-22(31)27-24-23(25(32)33-5)18-9-7-16(3)12-20(18)36-24/h8,10-11,16H,6-7,9,12-14H2,1-5H3,(H,27,31). The molecule has 0 saturated heterocycles. The van der Waals surface area contributed by atoms with Crippen LogP contribution in [0, 0.1) is 19.8 Å². The van der Waals surface area contributed by atoms with Gasteiger partial charge in [0.15, 0.2) is 11.0 Å². The molecular weight excluding hydrogens is 496 g/mol. The fourth-order valence-electron chi connectivity index (χ4n) is 4.40. The Bertz CT molecular complexity index is 1270. The molecule has 1 aliphatic carbocycles. The molecule has 3 aromatic rings. The van der Waals surface area contributed by atoms with Crippen LogP contribution in [0.1, 0.15) is 58.0 Å². The molecule has 0 bridgehead atoms. The number of ether oxygens (including phenoxy) is 2. The third kappa shape index (κ3) is 5.75. The Balaban J connectivity index is 1.41. The number of fused-ring (bicyclic) bond motifs is 1. The molecular formula is C26H32N4O4S2. The monoisotopic (exact) mass is 528 g/mol. The van der Waals surface area contributed by atoms with Crippen molar-refractivity contribution < 1.29 is 19.1 Å². The molecule has 2 heterocycles. The molecule has 2 aromatic heterocycles. The van der Waals surface area contributed by atoms with Gasteiger partial charge in [0, 0.05) is 11.4 Å². The first-order chi connectivity index (χ1) is 17.3. The van der Waals surface area contributed by atoms with Gasteiger partial charge in [-0.2, -0.15) is 0 Å². The Hall–Kier alpha value is -2.85. The predicted molar refractivity (Wildman–Crippen MR) is 142 cm³/mol. The minimum atomic E-state index is -0.399. The van der Waals surface area contributed by atoms with Crippen molar-refractivity contribution in [2.45, 2.75) is 65.3 Å². The zero-order valence-electron chi connectivity index (χ0n) is 21.3. The first kappa shape index (κ1) is 26.2. The van der Waals surface area contributed by atoms with Crippen LogP contribution in [0.4, 0.5) is 5.00 Å². The number of anilines is 1. The number of nitrogens with zero attached hydrogens (tertiary/aromatic N) is 3. The van der Waals surface area contributed by atoms with Crippen LogP contribution in [0.5, 0.6) is 5.75 Å². The topological polar surface area (TPSA) is 95.3 Å². The molecule has 0 saturated carbocycles. The second-order valence-corrected chi connectivity index (χ2v) is 11.1. The first-order valence-electron chi connectivity index (χ1n) is 12.1. The SMILES string of the molecule is CCn1c(COc2ccc(C)cc2C)nnc1SCC(=O)Nc1sc2c(c1C(=O)OC)CCC(C)C2. The molecule has 8 nitrogen and oxygen atoms in total. The summed E-state index contributed by atoms with van der Waals surface area (Å²) in [5.74, 6) is 1.63. The number of carbonyl (C=O) groups is 2. The average Bonchev–Trinajstić information content (AvgIpc) is 3.41. The summed E-state index contributed by atoms with van der Waals surface area (Å²) in [5, 5.41) is 12.7. The zero-order valence-corrected chi connectivity index (χ0v) is 23.0. The van der Waals surface area contributed by atoms with Crippen LogP contribution in [0.25, 0.3) is 0 Å². The van der Waals surface area contributed by atoms with Crippen LogP contribution in [0.2, 0.25) is 0 Å². The summed E-state index contributed by atoms with van der Waals surface area (Å²) < 4.78 is 12.9. The van der Waals surface area contributed by atoms with Crippen molar-refractivity contribution >= 4 is 40.0 Å². The lowest BCUT2D eigenvalue weighted by atomic mass is 9.88. The minimum absolute atomic E-state index is 0.148. The van der Waals surface area contributed by atoms with Gasteiger partial charge in [-0.1, -0.05) is 36.4 Å². The summed E-state index contributed by atoms with van der Waals surface area (Å²) in [7, 11) is 1.37. The van der Waals surface area contributed by atoms with Gasteiger partial charge in [0.1, 0.15) is 17.4 Å². The molecule has 0 aliphatic heterocycles. The highest BCUT2D eigenvalue weighted by molar-refractivity contribution is 7.99. The molecule has 0 fully saturated rings. The third-order valence-corrected chi connectivity index (χ3v) is 8.42. The van der Waals surface area contributed by atoms with Gasteiger partial charge in [0.2, 0.25) is 5.91 Å². The van der Waals surface area contributed by atoms with E-state index in [1.54, 1.807) is 0 Å². The van der Waals surface area contributed by atoms with Crippen LogP contribution in [-0.4, -0.2) is 39.5 Å². The van der Waals surface area contributed by atoms with Crippen molar-refractivity contribution in [3.63, 3.8) is 0 Å². The Morgan fingerprint density at radius 3 is 2.81 bits per heavy atom. The number of esters is 1. The quantitative estimate of drug-likeness (QED) is 0.301. The summed E-state index contributed by atoms with van der Waals surface area (Å²) >= 11 is 2.80. The van der Waals surface area contributed by atoms with Gasteiger partial charge in [-0.15, -0.1) is 21.5 Å². The van der Waals surface area contributed by atoms with E-state index >= 15 is 0 Å². The number of aromatic nitrogens is 3. The third-order valence-electron chi connectivity index (χ3n) is 6.28. The molecule has 1 atom stereocenters. The number of amides is 1. The molecule has 0 radical (unpaired) electrons. The fourth-order valence-corrected chi connectivity index (χ4v) is 6.64. The summed E-state index contributed by atoms with van der Waals surface area (Å²) in [5.41, 5.74) is 3.78. The Morgan fingerprint density at radius 2 is 2.08 bits per heavy atom. The highest BCUT2D eigenvalue weighted by Crippen LogP contribution is 2.40. The lowest BCUT2D eigenvalue weighted by Crippen LogP contribution is -2.17. The number of nitrogens with one attached hydrogen (secondary N) is 1. The maximum absolute atomic E-state index is 12.8. The summed E-state index contributed by atoms with van der Waals surface area (Å²) in [6.07, 6.45) is 2.77. The second kappa shape index (κ2) is 11.5. The van der Waals surface area contributed by atoms with E-state index in [0.29, 0.717) is 40.6 Å². The van der Waals surface area contributed by atoms with Crippen molar-refractivity contribution in [2.24, 2.45) is 5.92 Å². The number of rotatable bonds is 9. The highest BCUT2D eigenvalue weighted by Gasteiger charge is 2.29. The van der Waals surface area contributed by atoms with E-state index in [9.17, 15) is 9.59 Å². The number of aryl methyl sites for hydroxylation is 2. The molecule has 10 heteroatoms. The van der Waals surface area contributed by atoms with Crippen LogP contribution >= 0.6 is 23.1 Å². The van der Waals surface area contributed by atoms with E-state index in [2.05, 4.69) is 28.5 Å². The minimum Gasteiger partial charge on any atom is -0.485 e. The number of methoxy groups -OCH3 is 1. The molecule has 4 rings (SSSR count). The molecule has 192 valence electrons. The van der Waals surface area contributed by atoms with Crippen molar-refractivity contribution in [3.05, 3.63) is 51.2 Å². The zero-order chi connectivity index (χ0) is 25.8. The Labute approximate surface area is 219 Å². The van der Waals surface area contributed by atoms with E-state index < -0.39 is 5.97 Å². The lowest BCUT2D eigenvalue weighted by Gasteiger charge is -2.18. The van der Waals surface area contributed by atoms with Crippen molar-refractivity contribution in [1.29, 1.82) is 0 Å². The van der Waals surface area contributed by atoms with E-state index in [-0.39, 0.29) is 11.7 Å². The molecule has 36 heavy (non-hydrogen) atoms. The van der Waals surface area contributed by atoms with E-state index in [4.69, 9.17) is 9.47 Å². The van der Waals surface area contributed by atoms with Crippen LogP contribution in [0.15, 0.2) is 23.4 Å². The first-order valence-corrected chi connectivity index (χ1v) is 13.9. The van der Waals surface area contributed by atoms with Gasteiger partial charge in [-0.25, -0.2) is 4.79 Å². The van der Waals surface area contributed by atoms with Gasteiger partial charge in [0.25, 0.3) is 0 Å². The van der Waals surface area contributed by atoms with Crippen molar-refractivity contribution in [2.75, 3.05) is 18.2 Å². The van der Waals surface area contributed by atoms with Gasteiger partial charge >= 0.3 is 5.97 Å². The molecule has 1 unspecified atom stereocenters. The maximum atomic E-state index is 12.8. The highest BCUT2D eigenvalue weighted by atomic mass is 32.2. The number of thiophene rings is 1.